The molecule has 2 aromatic carbocycles. The van der Waals surface area contributed by atoms with E-state index in [-0.39, 0.29) is 0 Å². The van der Waals surface area contributed by atoms with E-state index in [1.165, 1.54) is 0 Å². The predicted octanol–water partition coefficient (Wildman–Crippen LogP) is 5.02. The third-order valence-corrected chi connectivity index (χ3v) is 4.28. The average molecular weight is 277 g/mol. The van der Waals surface area contributed by atoms with E-state index in [4.69, 9.17) is 0 Å². The van der Waals surface area contributed by atoms with Crippen LogP contribution in [0, 0.1) is 11.6 Å². The summed E-state index contributed by atoms with van der Waals surface area (Å²) in [4.78, 5) is 0. The SMILES string of the molecule is Fc1cc(F)c2c3c1-c1ccccc1-c3n1ccccc21. The standard InChI is InChI=1S/C18H9F2N/c19-12-9-13(20)16-14-7-3-4-8-21(14)18-11-6-2-1-5-10(11)15(12)17(16)18/h1-9H. The molecule has 0 amide bonds. The lowest BCUT2D eigenvalue weighted by atomic mass is 10.0. The first-order valence-electron chi connectivity index (χ1n) is 6.78. The molecule has 0 saturated carbocycles. The molecular formula is C18H9F2N. The fourth-order valence-electron chi connectivity index (χ4n) is 3.50. The molecule has 0 unspecified atom stereocenters. The smallest absolute Gasteiger partial charge is 0.136 e. The molecule has 0 N–H and O–H groups in total. The molecule has 5 rings (SSSR count). The summed E-state index contributed by atoms with van der Waals surface area (Å²) in [5, 5.41) is 1.18. The number of halogens is 2. The van der Waals surface area contributed by atoms with E-state index >= 15 is 0 Å². The van der Waals surface area contributed by atoms with Gasteiger partial charge in [0.05, 0.1) is 11.2 Å². The minimum Gasteiger partial charge on any atom is -0.315 e. The zero-order valence-corrected chi connectivity index (χ0v) is 10.9. The summed E-state index contributed by atoms with van der Waals surface area (Å²) >= 11 is 0. The number of hydrogen-bond acceptors (Lipinski definition) is 0. The molecule has 0 fully saturated rings. The Morgan fingerprint density at radius 2 is 1.52 bits per heavy atom. The third kappa shape index (κ3) is 1.16. The van der Waals surface area contributed by atoms with Gasteiger partial charge in [0, 0.05) is 34.2 Å². The molecule has 1 aliphatic rings. The van der Waals surface area contributed by atoms with Gasteiger partial charge in [-0.3, -0.25) is 0 Å². The second-order valence-electron chi connectivity index (χ2n) is 5.32. The summed E-state index contributed by atoms with van der Waals surface area (Å²) in [6, 6.07) is 14.3. The van der Waals surface area contributed by atoms with Gasteiger partial charge in [-0.15, -0.1) is 0 Å². The average Bonchev–Trinajstić information content (AvgIpc) is 2.99. The van der Waals surface area contributed by atoms with E-state index in [9.17, 15) is 8.78 Å². The molecule has 0 radical (unpaired) electrons. The lowest BCUT2D eigenvalue weighted by Crippen LogP contribution is -1.89. The monoisotopic (exact) mass is 277 g/mol. The maximum absolute atomic E-state index is 14.4. The van der Waals surface area contributed by atoms with Crippen LogP contribution in [0.3, 0.4) is 0 Å². The van der Waals surface area contributed by atoms with Crippen molar-refractivity contribution in [2.24, 2.45) is 0 Å². The lowest BCUT2D eigenvalue weighted by Gasteiger charge is -2.06. The maximum atomic E-state index is 14.4. The Bertz CT molecular complexity index is 1060. The first-order valence-corrected chi connectivity index (χ1v) is 6.78. The van der Waals surface area contributed by atoms with Gasteiger partial charge in [0.1, 0.15) is 11.6 Å². The van der Waals surface area contributed by atoms with Crippen LogP contribution in [0.5, 0.6) is 0 Å². The number of pyridine rings is 1. The van der Waals surface area contributed by atoms with Crippen LogP contribution in [-0.4, -0.2) is 4.40 Å². The largest absolute Gasteiger partial charge is 0.315 e. The maximum Gasteiger partial charge on any atom is 0.136 e. The molecule has 0 spiro atoms. The molecule has 0 bridgehead atoms. The highest BCUT2D eigenvalue weighted by Gasteiger charge is 2.30. The van der Waals surface area contributed by atoms with Crippen LogP contribution < -0.4 is 0 Å². The van der Waals surface area contributed by atoms with Gasteiger partial charge in [0.2, 0.25) is 0 Å². The minimum atomic E-state index is -0.506. The molecule has 4 aromatic rings. The number of fused-ring (bicyclic) bond motifs is 6. The van der Waals surface area contributed by atoms with E-state index < -0.39 is 11.6 Å². The Morgan fingerprint density at radius 1 is 0.762 bits per heavy atom. The summed E-state index contributed by atoms with van der Waals surface area (Å²) in [5.41, 5.74) is 3.96. The van der Waals surface area contributed by atoms with Gasteiger partial charge in [0.15, 0.2) is 0 Å². The third-order valence-electron chi connectivity index (χ3n) is 4.28. The molecule has 1 aliphatic carbocycles. The molecule has 0 saturated heterocycles. The molecular weight excluding hydrogens is 268 g/mol. The highest BCUT2D eigenvalue weighted by molar-refractivity contribution is 6.20. The normalized spacial score (nSPS) is 12.3. The molecule has 100 valence electrons. The van der Waals surface area contributed by atoms with Crippen molar-refractivity contribution < 1.29 is 8.78 Å². The highest BCUT2D eigenvalue weighted by atomic mass is 19.1. The summed E-state index contributed by atoms with van der Waals surface area (Å²) in [6.45, 7) is 0. The number of nitrogens with zero attached hydrogens (tertiary/aromatic N) is 1. The number of benzene rings is 2. The number of aromatic nitrogens is 1. The van der Waals surface area contributed by atoms with Crippen LogP contribution in [0.2, 0.25) is 0 Å². The minimum absolute atomic E-state index is 0.498. The van der Waals surface area contributed by atoms with Crippen molar-refractivity contribution in [3.63, 3.8) is 0 Å². The first-order chi connectivity index (χ1) is 10.3. The van der Waals surface area contributed by atoms with E-state index in [1.807, 2.05) is 53.1 Å². The van der Waals surface area contributed by atoms with Crippen LogP contribution >= 0.6 is 0 Å². The Balaban J connectivity index is 2.19. The van der Waals surface area contributed by atoms with Crippen molar-refractivity contribution in [1.82, 2.24) is 4.40 Å². The Labute approximate surface area is 119 Å². The van der Waals surface area contributed by atoms with Crippen LogP contribution in [0.1, 0.15) is 0 Å². The molecule has 2 aromatic heterocycles. The van der Waals surface area contributed by atoms with Crippen LogP contribution in [0.25, 0.3) is 38.7 Å². The Morgan fingerprint density at radius 3 is 2.38 bits per heavy atom. The van der Waals surface area contributed by atoms with Gasteiger partial charge in [-0.05, 0) is 17.7 Å². The van der Waals surface area contributed by atoms with Crippen LogP contribution in [0.15, 0.2) is 54.7 Å². The van der Waals surface area contributed by atoms with Gasteiger partial charge in [-0.2, -0.15) is 0 Å². The van der Waals surface area contributed by atoms with E-state index in [0.29, 0.717) is 16.3 Å². The van der Waals surface area contributed by atoms with E-state index in [2.05, 4.69) is 0 Å². The highest BCUT2D eigenvalue weighted by Crippen LogP contribution is 2.50. The van der Waals surface area contributed by atoms with Crippen molar-refractivity contribution in [1.29, 1.82) is 0 Å². The molecule has 0 atom stereocenters. The lowest BCUT2D eigenvalue weighted by molar-refractivity contribution is 0.595. The first kappa shape index (κ1) is 11.0. The van der Waals surface area contributed by atoms with Gasteiger partial charge >= 0.3 is 0 Å². The molecule has 1 nitrogen and oxygen atoms in total. The zero-order valence-electron chi connectivity index (χ0n) is 10.9. The van der Waals surface area contributed by atoms with Gasteiger partial charge in [0.25, 0.3) is 0 Å². The zero-order chi connectivity index (χ0) is 14.1. The molecule has 2 heterocycles. The molecule has 0 aliphatic heterocycles. The van der Waals surface area contributed by atoms with E-state index in [0.717, 1.165) is 28.4 Å². The Kier molecular flexibility index (Phi) is 1.84. The van der Waals surface area contributed by atoms with Crippen molar-refractivity contribution >= 4 is 16.3 Å². The molecule has 3 heteroatoms. The topological polar surface area (TPSA) is 4.41 Å². The summed E-state index contributed by atoms with van der Waals surface area (Å²) in [7, 11) is 0. The fraction of sp³-hybridized carbons (Fsp3) is 0. The van der Waals surface area contributed by atoms with Crippen molar-refractivity contribution in [3.8, 4) is 22.4 Å². The second kappa shape index (κ2) is 3.50. The summed E-state index contributed by atoms with van der Waals surface area (Å²) in [5.74, 6) is -1.00. The summed E-state index contributed by atoms with van der Waals surface area (Å²) in [6.07, 6.45) is 1.90. The van der Waals surface area contributed by atoms with Crippen LogP contribution in [0.4, 0.5) is 8.78 Å². The van der Waals surface area contributed by atoms with Crippen molar-refractivity contribution in [2.45, 2.75) is 0 Å². The predicted molar refractivity (Wildman–Crippen MR) is 79.2 cm³/mol. The van der Waals surface area contributed by atoms with Gasteiger partial charge in [-0.25, -0.2) is 8.78 Å². The van der Waals surface area contributed by atoms with Crippen molar-refractivity contribution in [3.05, 3.63) is 66.4 Å². The Hall–Kier alpha value is -2.68. The molecule has 21 heavy (non-hydrogen) atoms. The van der Waals surface area contributed by atoms with Gasteiger partial charge < -0.3 is 4.40 Å². The van der Waals surface area contributed by atoms with Crippen LogP contribution in [-0.2, 0) is 0 Å². The number of rotatable bonds is 0. The quantitative estimate of drug-likeness (QED) is 0.374. The number of hydrogen-bond donors (Lipinski definition) is 0. The van der Waals surface area contributed by atoms with Gasteiger partial charge in [-0.1, -0.05) is 30.3 Å². The second-order valence-corrected chi connectivity index (χ2v) is 5.32. The fourth-order valence-corrected chi connectivity index (χ4v) is 3.50. The van der Waals surface area contributed by atoms with Crippen molar-refractivity contribution in [2.75, 3.05) is 0 Å². The summed E-state index contributed by atoms with van der Waals surface area (Å²) < 4.78 is 30.7. The van der Waals surface area contributed by atoms with E-state index in [1.54, 1.807) is 0 Å².